The number of ether oxygens (including phenoxy) is 2. The SMILES string of the molecule is CCCCCCC/C=C\C/C=C\CCCCCCCCCCCCCCCCCCCCCCCCCCCC(=O)OC(CO)COC(=O)CCCCCCCCC. The highest BCUT2D eigenvalue weighted by Crippen LogP contribution is 2.17. The first-order valence-corrected chi connectivity index (χ1v) is 25.9. The number of carbonyl (C=O) groups excluding carboxylic acids is 2. The molecule has 58 heavy (non-hydrogen) atoms. The molecule has 0 aliphatic rings. The van der Waals surface area contributed by atoms with Gasteiger partial charge in [-0.2, -0.15) is 0 Å². The lowest BCUT2D eigenvalue weighted by Crippen LogP contribution is -2.28. The molecule has 0 saturated heterocycles. The Morgan fingerprint density at radius 1 is 0.397 bits per heavy atom. The molecule has 1 unspecified atom stereocenters. The standard InChI is InChI=1S/C53H100O5/c1-3-5-7-9-11-12-13-14-15-16-17-18-19-20-21-22-23-24-25-26-27-28-29-30-31-32-33-34-35-36-37-38-39-40-42-44-46-48-53(56)58-51(49-54)50-57-52(55)47-45-43-41-10-8-6-4-2/h13-14,16-17,51,54H,3-12,15,18-50H2,1-2H3/b14-13-,17-16-. The van der Waals surface area contributed by atoms with Crippen LogP contribution in [0.3, 0.4) is 0 Å². The molecule has 0 heterocycles. The lowest BCUT2D eigenvalue weighted by Gasteiger charge is -2.15. The van der Waals surface area contributed by atoms with Crippen LogP contribution in [0, 0.1) is 0 Å². The molecular formula is C53H100O5. The van der Waals surface area contributed by atoms with Gasteiger partial charge in [0.15, 0.2) is 6.10 Å². The third kappa shape index (κ3) is 47.1. The number of allylic oxidation sites excluding steroid dienone is 4. The van der Waals surface area contributed by atoms with Gasteiger partial charge in [-0.05, 0) is 44.9 Å². The zero-order valence-corrected chi connectivity index (χ0v) is 39.1. The minimum atomic E-state index is -0.763. The number of carbonyl (C=O) groups is 2. The fourth-order valence-electron chi connectivity index (χ4n) is 7.82. The fourth-order valence-corrected chi connectivity index (χ4v) is 7.82. The van der Waals surface area contributed by atoms with Crippen molar-refractivity contribution in [2.24, 2.45) is 0 Å². The molecule has 0 aliphatic carbocycles. The van der Waals surface area contributed by atoms with Crippen LogP contribution in [0.4, 0.5) is 0 Å². The fraction of sp³-hybridized carbons (Fsp3) is 0.887. The second-order valence-electron chi connectivity index (χ2n) is 17.6. The Balaban J connectivity index is 3.32. The van der Waals surface area contributed by atoms with Gasteiger partial charge in [-0.1, -0.05) is 250 Å². The highest BCUT2D eigenvalue weighted by atomic mass is 16.6. The third-order valence-electron chi connectivity index (χ3n) is 11.7. The largest absolute Gasteiger partial charge is 0.462 e. The quantitative estimate of drug-likeness (QED) is 0.0376. The van der Waals surface area contributed by atoms with Crippen molar-refractivity contribution >= 4 is 11.9 Å². The van der Waals surface area contributed by atoms with Gasteiger partial charge in [0.2, 0.25) is 0 Å². The Morgan fingerprint density at radius 2 is 0.690 bits per heavy atom. The minimum absolute atomic E-state index is 0.0600. The summed E-state index contributed by atoms with van der Waals surface area (Å²) in [5.74, 6) is -0.584. The van der Waals surface area contributed by atoms with Crippen molar-refractivity contribution in [2.45, 2.75) is 290 Å². The first-order valence-electron chi connectivity index (χ1n) is 25.9. The summed E-state index contributed by atoms with van der Waals surface area (Å²) >= 11 is 0. The molecule has 1 N–H and O–H groups in total. The third-order valence-corrected chi connectivity index (χ3v) is 11.7. The topological polar surface area (TPSA) is 72.8 Å². The molecule has 0 aromatic rings. The van der Waals surface area contributed by atoms with Gasteiger partial charge in [0.05, 0.1) is 6.61 Å². The molecule has 0 aromatic heterocycles. The second-order valence-corrected chi connectivity index (χ2v) is 17.6. The summed E-state index contributed by atoms with van der Waals surface area (Å²) in [5.41, 5.74) is 0. The summed E-state index contributed by atoms with van der Waals surface area (Å²) in [6.45, 7) is 4.11. The van der Waals surface area contributed by atoms with Crippen LogP contribution in [0.15, 0.2) is 24.3 Å². The normalized spacial score (nSPS) is 12.3. The van der Waals surface area contributed by atoms with Crippen LogP contribution in [0.25, 0.3) is 0 Å². The van der Waals surface area contributed by atoms with Crippen molar-refractivity contribution in [3.63, 3.8) is 0 Å². The molecule has 5 heteroatoms. The van der Waals surface area contributed by atoms with E-state index in [1.165, 1.54) is 212 Å². The van der Waals surface area contributed by atoms with Gasteiger partial charge in [0, 0.05) is 12.8 Å². The number of hydrogen-bond donors (Lipinski definition) is 1. The van der Waals surface area contributed by atoms with Gasteiger partial charge >= 0.3 is 11.9 Å². The van der Waals surface area contributed by atoms with E-state index in [9.17, 15) is 14.7 Å². The van der Waals surface area contributed by atoms with E-state index in [0.29, 0.717) is 12.8 Å². The first kappa shape index (κ1) is 56.4. The van der Waals surface area contributed by atoms with Gasteiger partial charge in [-0.3, -0.25) is 9.59 Å². The molecule has 0 amide bonds. The van der Waals surface area contributed by atoms with Gasteiger partial charge in [-0.15, -0.1) is 0 Å². The van der Waals surface area contributed by atoms with E-state index in [1.807, 2.05) is 0 Å². The predicted molar refractivity (Wildman–Crippen MR) is 251 cm³/mol. The maximum Gasteiger partial charge on any atom is 0.306 e. The number of hydrogen-bond acceptors (Lipinski definition) is 5. The number of rotatable bonds is 48. The molecule has 5 nitrogen and oxygen atoms in total. The van der Waals surface area contributed by atoms with Crippen LogP contribution < -0.4 is 0 Å². The number of aliphatic hydroxyl groups is 1. The maximum atomic E-state index is 12.2. The zero-order valence-electron chi connectivity index (χ0n) is 39.1. The van der Waals surface area contributed by atoms with E-state index in [4.69, 9.17) is 9.47 Å². The summed E-state index contributed by atoms with van der Waals surface area (Å²) in [6.07, 6.45) is 61.9. The molecule has 0 rings (SSSR count). The maximum absolute atomic E-state index is 12.2. The van der Waals surface area contributed by atoms with Crippen molar-refractivity contribution < 1.29 is 24.2 Å². The number of esters is 2. The molecule has 0 spiro atoms. The van der Waals surface area contributed by atoms with Crippen molar-refractivity contribution in [3.05, 3.63) is 24.3 Å². The van der Waals surface area contributed by atoms with Gasteiger partial charge in [0.1, 0.15) is 6.61 Å². The van der Waals surface area contributed by atoms with Crippen LogP contribution in [0.2, 0.25) is 0 Å². The average Bonchev–Trinajstić information content (AvgIpc) is 3.23. The molecule has 342 valence electrons. The minimum Gasteiger partial charge on any atom is -0.462 e. The molecule has 0 radical (unpaired) electrons. The monoisotopic (exact) mass is 817 g/mol. The molecule has 0 bridgehead atoms. The number of aliphatic hydroxyl groups excluding tert-OH is 1. The molecule has 0 aromatic carbocycles. The van der Waals surface area contributed by atoms with Crippen LogP contribution in [0.5, 0.6) is 0 Å². The zero-order chi connectivity index (χ0) is 42.1. The lowest BCUT2D eigenvalue weighted by atomic mass is 10.0. The first-order chi connectivity index (χ1) is 28.6. The van der Waals surface area contributed by atoms with E-state index in [2.05, 4.69) is 38.2 Å². The summed E-state index contributed by atoms with van der Waals surface area (Å²) in [6, 6.07) is 0. The van der Waals surface area contributed by atoms with Crippen LogP contribution >= 0.6 is 0 Å². The van der Waals surface area contributed by atoms with Gasteiger partial charge in [0.25, 0.3) is 0 Å². The van der Waals surface area contributed by atoms with Crippen LogP contribution in [0.1, 0.15) is 284 Å². The Bertz CT molecular complexity index is 882. The summed E-state index contributed by atoms with van der Waals surface area (Å²) < 4.78 is 10.6. The van der Waals surface area contributed by atoms with Gasteiger partial charge in [-0.25, -0.2) is 0 Å². The van der Waals surface area contributed by atoms with Crippen LogP contribution in [-0.4, -0.2) is 36.4 Å². The number of unbranched alkanes of at least 4 members (excludes halogenated alkanes) is 36. The van der Waals surface area contributed by atoms with Crippen molar-refractivity contribution in [2.75, 3.05) is 13.2 Å². The second kappa shape index (κ2) is 49.7. The smallest absolute Gasteiger partial charge is 0.306 e. The molecule has 0 saturated carbocycles. The Labute approximate surface area is 362 Å². The molecule has 0 aliphatic heterocycles. The van der Waals surface area contributed by atoms with E-state index >= 15 is 0 Å². The highest BCUT2D eigenvalue weighted by Gasteiger charge is 2.16. The van der Waals surface area contributed by atoms with Gasteiger partial charge < -0.3 is 14.6 Å². The lowest BCUT2D eigenvalue weighted by molar-refractivity contribution is -0.161. The summed E-state index contributed by atoms with van der Waals surface area (Å²) in [5, 5.41) is 9.54. The molecule has 0 fully saturated rings. The van der Waals surface area contributed by atoms with Crippen molar-refractivity contribution in [1.82, 2.24) is 0 Å². The Kier molecular flexibility index (Phi) is 48.4. The highest BCUT2D eigenvalue weighted by molar-refractivity contribution is 5.70. The van der Waals surface area contributed by atoms with Crippen LogP contribution in [-0.2, 0) is 19.1 Å². The molecule has 1 atom stereocenters. The van der Waals surface area contributed by atoms with E-state index in [0.717, 1.165) is 44.9 Å². The van der Waals surface area contributed by atoms with E-state index in [-0.39, 0.29) is 25.2 Å². The van der Waals surface area contributed by atoms with Crippen molar-refractivity contribution in [3.8, 4) is 0 Å². The molecular weight excluding hydrogens is 717 g/mol. The summed E-state index contributed by atoms with van der Waals surface area (Å²) in [7, 11) is 0. The Morgan fingerprint density at radius 3 is 1.02 bits per heavy atom. The predicted octanol–water partition coefficient (Wildman–Crippen LogP) is 17.0. The Hall–Kier alpha value is -1.62. The van der Waals surface area contributed by atoms with E-state index < -0.39 is 6.10 Å². The summed E-state index contributed by atoms with van der Waals surface area (Å²) in [4.78, 5) is 24.2. The average molecular weight is 817 g/mol. The van der Waals surface area contributed by atoms with E-state index in [1.54, 1.807) is 0 Å². The van der Waals surface area contributed by atoms with Crippen molar-refractivity contribution in [1.29, 1.82) is 0 Å².